The zero-order valence-electron chi connectivity index (χ0n) is 8.13. The molecule has 0 aliphatic carbocycles. The SMILES string of the molecule is COc1[nH]c2ccccc2c1C(C)=O. The lowest BCUT2D eigenvalue weighted by atomic mass is 10.1. The Morgan fingerprint density at radius 2 is 2.07 bits per heavy atom. The van der Waals surface area contributed by atoms with E-state index in [0.717, 1.165) is 10.9 Å². The van der Waals surface area contributed by atoms with Gasteiger partial charge in [0.05, 0.1) is 12.7 Å². The van der Waals surface area contributed by atoms with E-state index in [1.807, 2.05) is 24.3 Å². The molecule has 72 valence electrons. The number of ketones is 1. The zero-order valence-corrected chi connectivity index (χ0v) is 8.13. The van der Waals surface area contributed by atoms with Crippen molar-refractivity contribution in [2.45, 2.75) is 6.92 Å². The zero-order chi connectivity index (χ0) is 10.1. The van der Waals surface area contributed by atoms with Crippen LogP contribution in [0.5, 0.6) is 5.88 Å². The maximum absolute atomic E-state index is 11.4. The summed E-state index contributed by atoms with van der Waals surface area (Å²) in [5, 5.41) is 0.914. The highest BCUT2D eigenvalue weighted by atomic mass is 16.5. The maximum atomic E-state index is 11.4. The van der Waals surface area contributed by atoms with Gasteiger partial charge in [-0.1, -0.05) is 18.2 Å². The van der Waals surface area contributed by atoms with Crippen LogP contribution >= 0.6 is 0 Å². The number of aromatic nitrogens is 1. The molecule has 0 saturated carbocycles. The Morgan fingerprint density at radius 3 is 2.71 bits per heavy atom. The van der Waals surface area contributed by atoms with Crippen LogP contribution in [0.1, 0.15) is 17.3 Å². The second-order valence-corrected chi connectivity index (χ2v) is 3.14. The summed E-state index contributed by atoms with van der Waals surface area (Å²) in [5.41, 5.74) is 1.55. The molecule has 0 aliphatic rings. The quantitative estimate of drug-likeness (QED) is 0.737. The van der Waals surface area contributed by atoms with Crippen LogP contribution in [0.4, 0.5) is 0 Å². The van der Waals surface area contributed by atoms with Crippen LogP contribution < -0.4 is 4.74 Å². The van der Waals surface area contributed by atoms with Gasteiger partial charge in [0.2, 0.25) is 5.88 Å². The molecule has 0 radical (unpaired) electrons. The molecule has 0 bridgehead atoms. The number of aromatic amines is 1. The summed E-state index contributed by atoms with van der Waals surface area (Å²) in [7, 11) is 1.55. The van der Waals surface area contributed by atoms with Gasteiger partial charge in [-0.15, -0.1) is 0 Å². The number of rotatable bonds is 2. The first-order chi connectivity index (χ1) is 6.74. The average Bonchev–Trinajstić information content (AvgIpc) is 2.55. The van der Waals surface area contributed by atoms with Crippen LogP contribution in [0.2, 0.25) is 0 Å². The van der Waals surface area contributed by atoms with Crippen molar-refractivity contribution in [2.75, 3.05) is 7.11 Å². The fourth-order valence-corrected chi connectivity index (χ4v) is 1.62. The Kier molecular flexibility index (Phi) is 2.00. The summed E-state index contributed by atoms with van der Waals surface area (Å²) < 4.78 is 5.12. The van der Waals surface area contributed by atoms with Gasteiger partial charge < -0.3 is 9.72 Å². The Hall–Kier alpha value is -1.77. The monoisotopic (exact) mass is 189 g/mol. The molecular formula is C11H11NO2. The van der Waals surface area contributed by atoms with Gasteiger partial charge in [0.25, 0.3) is 0 Å². The number of carbonyl (C=O) groups is 1. The summed E-state index contributed by atoms with van der Waals surface area (Å²) in [5.74, 6) is 0.554. The number of methoxy groups -OCH3 is 1. The number of Topliss-reactive ketones (excluding diaryl/α,β-unsaturated/α-hetero) is 1. The van der Waals surface area contributed by atoms with Crippen LogP contribution in [0.3, 0.4) is 0 Å². The van der Waals surface area contributed by atoms with Crippen molar-refractivity contribution in [3.8, 4) is 5.88 Å². The second-order valence-electron chi connectivity index (χ2n) is 3.14. The van der Waals surface area contributed by atoms with Gasteiger partial charge in [-0.25, -0.2) is 0 Å². The van der Waals surface area contributed by atoms with E-state index in [9.17, 15) is 4.79 Å². The van der Waals surface area contributed by atoms with E-state index in [-0.39, 0.29) is 5.78 Å². The molecule has 1 aromatic carbocycles. The number of para-hydroxylation sites is 1. The third-order valence-corrected chi connectivity index (χ3v) is 2.23. The number of hydrogen-bond donors (Lipinski definition) is 1. The van der Waals surface area contributed by atoms with Gasteiger partial charge >= 0.3 is 0 Å². The lowest BCUT2D eigenvalue weighted by Crippen LogP contribution is -1.94. The number of H-pyrrole nitrogens is 1. The summed E-state index contributed by atoms with van der Waals surface area (Å²) in [6.45, 7) is 1.54. The molecule has 0 spiro atoms. The summed E-state index contributed by atoms with van der Waals surface area (Å²) in [6, 6.07) is 7.65. The van der Waals surface area contributed by atoms with E-state index in [0.29, 0.717) is 11.4 Å². The number of hydrogen-bond acceptors (Lipinski definition) is 2. The Balaban J connectivity index is 2.81. The first-order valence-electron chi connectivity index (χ1n) is 4.39. The van der Waals surface area contributed by atoms with Gasteiger partial charge in [-0.05, 0) is 13.0 Å². The van der Waals surface area contributed by atoms with Crippen LogP contribution in [-0.4, -0.2) is 17.9 Å². The predicted molar refractivity (Wildman–Crippen MR) is 54.9 cm³/mol. The van der Waals surface area contributed by atoms with E-state index < -0.39 is 0 Å². The van der Waals surface area contributed by atoms with Gasteiger partial charge in [0.15, 0.2) is 5.78 Å². The first-order valence-corrected chi connectivity index (χ1v) is 4.39. The van der Waals surface area contributed by atoms with Crippen molar-refractivity contribution in [1.29, 1.82) is 0 Å². The minimum absolute atomic E-state index is 0.0132. The van der Waals surface area contributed by atoms with Crippen molar-refractivity contribution < 1.29 is 9.53 Å². The van der Waals surface area contributed by atoms with E-state index in [1.165, 1.54) is 6.92 Å². The molecule has 14 heavy (non-hydrogen) atoms. The van der Waals surface area contributed by atoms with E-state index in [1.54, 1.807) is 7.11 Å². The number of nitrogens with one attached hydrogen (secondary N) is 1. The fourth-order valence-electron chi connectivity index (χ4n) is 1.62. The highest BCUT2D eigenvalue weighted by molar-refractivity contribution is 6.09. The van der Waals surface area contributed by atoms with Crippen molar-refractivity contribution in [1.82, 2.24) is 4.98 Å². The highest BCUT2D eigenvalue weighted by Crippen LogP contribution is 2.27. The van der Waals surface area contributed by atoms with Crippen LogP contribution in [-0.2, 0) is 0 Å². The number of ether oxygens (including phenoxy) is 1. The molecule has 0 fully saturated rings. The Morgan fingerprint density at radius 1 is 1.36 bits per heavy atom. The molecule has 3 nitrogen and oxygen atoms in total. The van der Waals surface area contributed by atoms with E-state index in [4.69, 9.17) is 4.74 Å². The van der Waals surface area contributed by atoms with Gasteiger partial charge in [-0.3, -0.25) is 4.79 Å². The number of carbonyl (C=O) groups excluding carboxylic acids is 1. The minimum atomic E-state index is 0.0132. The molecule has 1 heterocycles. The molecule has 0 saturated heterocycles. The standard InChI is InChI=1S/C11H11NO2/c1-7(13)10-8-5-3-4-6-9(8)12-11(10)14-2/h3-6,12H,1-2H3. The maximum Gasteiger partial charge on any atom is 0.202 e. The molecule has 0 aliphatic heterocycles. The molecule has 3 heteroatoms. The van der Waals surface area contributed by atoms with Crippen LogP contribution in [0, 0.1) is 0 Å². The lowest BCUT2D eigenvalue weighted by molar-refractivity contribution is 0.101. The number of fused-ring (bicyclic) bond motifs is 1. The van der Waals surface area contributed by atoms with E-state index >= 15 is 0 Å². The van der Waals surface area contributed by atoms with Crippen LogP contribution in [0.15, 0.2) is 24.3 Å². The largest absolute Gasteiger partial charge is 0.482 e. The van der Waals surface area contributed by atoms with Gasteiger partial charge in [0.1, 0.15) is 0 Å². The summed E-state index contributed by atoms with van der Waals surface area (Å²) >= 11 is 0. The molecule has 2 aromatic rings. The van der Waals surface area contributed by atoms with Gasteiger partial charge in [0, 0.05) is 10.9 Å². The average molecular weight is 189 g/mol. The topological polar surface area (TPSA) is 42.1 Å². The van der Waals surface area contributed by atoms with Crippen LogP contribution in [0.25, 0.3) is 10.9 Å². The molecular weight excluding hydrogens is 178 g/mol. The molecule has 0 unspecified atom stereocenters. The summed E-state index contributed by atoms with van der Waals surface area (Å²) in [6.07, 6.45) is 0. The third kappa shape index (κ3) is 1.18. The molecule has 1 aromatic heterocycles. The predicted octanol–water partition coefficient (Wildman–Crippen LogP) is 2.38. The second kappa shape index (κ2) is 3.18. The van der Waals surface area contributed by atoms with Gasteiger partial charge in [-0.2, -0.15) is 0 Å². The first kappa shape index (κ1) is 8.81. The Labute approximate surface area is 81.7 Å². The van der Waals surface area contributed by atoms with Crippen molar-refractivity contribution in [2.24, 2.45) is 0 Å². The summed E-state index contributed by atoms with van der Waals surface area (Å²) in [4.78, 5) is 14.5. The molecule has 1 N–H and O–H groups in total. The normalized spacial score (nSPS) is 10.4. The van der Waals surface area contributed by atoms with Crippen molar-refractivity contribution in [3.05, 3.63) is 29.8 Å². The molecule has 2 rings (SSSR count). The smallest absolute Gasteiger partial charge is 0.202 e. The highest BCUT2D eigenvalue weighted by Gasteiger charge is 2.14. The van der Waals surface area contributed by atoms with Crippen molar-refractivity contribution in [3.63, 3.8) is 0 Å². The third-order valence-electron chi connectivity index (χ3n) is 2.23. The van der Waals surface area contributed by atoms with Crippen molar-refractivity contribution >= 4 is 16.7 Å². The molecule has 0 atom stereocenters. The Bertz CT molecular complexity index is 485. The van der Waals surface area contributed by atoms with E-state index in [2.05, 4.69) is 4.98 Å². The minimum Gasteiger partial charge on any atom is -0.482 e. The number of benzene rings is 1. The fraction of sp³-hybridized carbons (Fsp3) is 0.182. The molecule has 0 amide bonds. The lowest BCUT2D eigenvalue weighted by Gasteiger charge is -1.97.